The van der Waals surface area contributed by atoms with Gasteiger partial charge in [0.15, 0.2) is 0 Å². The van der Waals surface area contributed by atoms with Crippen molar-refractivity contribution in [1.29, 1.82) is 5.26 Å². The highest BCUT2D eigenvalue weighted by atomic mass is 16.5. The number of nitriles is 1. The summed E-state index contributed by atoms with van der Waals surface area (Å²) in [4.78, 5) is 26.0. The standard InChI is InChI=1S/C24H21N7O2/c25-14-16-5-8-28-21(13-16)29-24(32)19-3-1-18(2-4-19)23-30-22(17-6-11-33-12-7-17)20-15-27-9-10-31(20,23)26/h1-5,8-10,13,15,17H,6-7,11-12,26H2/p+1. The summed E-state index contributed by atoms with van der Waals surface area (Å²) in [6.07, 6.45) is 8.55. The van der Waals surface area contributed by atoms with Gasteiger partial charge in [-0.25, -0.2) is 4.98 Å². The summed E-state index contributed by atoms with van der Waals surface area (Å²) in [6, 6.07) is 12.3. The molecule has 0 radical (unpaired) electrons. The number of benzene rings is 1. The van der Waals surface area contributed by atoms with Crippen LogP contribution in [0.2, 0.25) is 0 Å². The molecule has 33 heavy (non-hydrogen) atoms. The molecule has 5 rings (SSSR count). The summed E-state index contributed by atoms with van der Waals surface area (Å²) in [5, 5.41) is 11.7. The first-order valence-corrected chi connectivity index (χ1v) is 10.7. The predicted molar refractivity (Wildman–Crippen MR) is 123 cm³/mol. The van der Waals surface area contributed by atoms with E-state index in [4.69, 9.17) is 20.8 Å². The molecule has 9 heteroatoms. The van der Waals surface area contributed by atoms with Crippen LogP contribution >= 0.6 is 0 Å². The zero-order chi connectivity index (χ0) is 22.8. The molecule has 1 aromatic carbocycles. The topological polar surface area (TPSA) is 126 Å². The number of quaternary nitrogens is 1. The minimum atomic E-state index is -0.319. The summed E-state index contributed by atoms with van der Waals surface area (Å²) in [5.41, 5.74) is 3.52. The highest BCUT2D eigenvalue weighted by Gasteiger charge is 2.45. The molecule has 3 aliphatic rings. The number of anilines is 1. The van der Waals surface area contributed by atoms with Gasteiger partial charge in [-0.05, 0) is 49.2 Å². The molecule has 1 saturated heterocycles. The van der Waals surface area contributed by atoms with Crippen molar-refractivity contribution in [3.05, 3.63) is 83.1 Å². The summed E-state index contributed by atoms with van der Waals surface area (Å²) in [7, 11) is 0. The van der Waals surface area contributed by atoms with E-state index in [0.29, 0.717) is 36.0 Å². The summed E-state index contributed by atoms with van der Waals surface area (Å²) in [5.74, 6) is 7.75. The van der Waals surface area contributed by atoms with Crippen LogP contribution in [-0.4, -0.2) is 40.7 Å². The smallest absolute Gasteiger partial charge is 0.264 e. The number of nitrogens with one attached hydrogen (secondary N) is 1. The van der Waals surface area contributed by atoms with E-state index in [1.165, 1.54) is 12.3 Å². The van der Waals surface area contributed by atoms with Crippen molar-refractivity contribution in [2.75, 3.05) is 18.5 Å². The van der Waals surface area contributed by atoms with E-state index in [1.54, 1.807) is 30.6 Å². The molecule has 164 valence electrons. The first kappa shape index (κ1) is 20.9. The Labute approximate surface area is 190 Å². The predicted octanol–water partition coefficient (Wildman–Crippen LogP) is 2.85. The number of fused-ring (bicyclic) bond motifs is 1. The number of allylic oxidation sites excluding steroid dienone is 2. The zero-order valence-corrected chi connectivity index (χ0v) is 17.8. The van der Waals surface area contributed by atoms with Crippen molar-refractivity contribution in [2.45, 2.75) is 12.8 Å². The number of pyridine rings is 1. The van der Waals surface area contributed by atoms with Gasteiger partial charge in [0.1, 0.15) is 17.7 Å². The highest BCUT2D eigenvalue weighted by molar-refractivity contribution is 6.05. The van der Waals surface area contributed by atoms with E-state index in [9.17, 15) is 4.79 Å². The molecule has 1 fully saturated rings. The maximum atomic E-state index is 12.7. The SMILES string of the molecule is N#Cc1ccnc(NC(=O)c2ccc(C3=NC(C4CCOCC4)=C4C=NC=C[N+]34N)cc2)c1. The third kappa shape index (κ3) is 3.87. The first-order chi connectivity index (χ1) is 16.1. The number of hydrogen-bond donors (Lipinski definition) is 2. The van der Waals surface area contributed by atoms with E-state index >= 15 is 0 Å². The number of rotatable bonds is 4. The molecule has 1 atom stereocenters. The lowest BCUT2D eigenvalue weighted by Gasteiger charge is -2.27. The molecular weight excluding hydrogens is 418 g/mol. The quantitative estimate of drug-likeness (QED) is 0.558. The Hall–Kier alpha value is -3.97. The Kier molecular flexibility index (Phi) is 5.40. The lowest BCUT2D eigenvalue weighted by molar-refractivity contribution is -0.750. The van der Waals surface area contributed by atoms with Crippen LogP contribution in [0, 0.1) is 17.2 Å². The molecule has 3 aliphatic heterocycles. The molecule has 1 aromatic heterocycles. The van der Waals surface area contributed by atoms with Gasteiger partial charge in [0.05, 0.1) is 29.6 Å². The Bertz CT molecular complexity index is 1260. The number of nitrogens with two attached hydrogens (primary N) is 1. The van der Waals surface area contributed by atoms with Gasteiger partial charge in [-0.2, -0.15) is 16.1 Å². The van der Waals surface area contributed by atoms with E-state index in [-0.39, 0.29) is 16.4 Å². The molecule has 0 bridgehead atoms. The average Bonchev–Trinajstić information content (AvgIpc) is 3.17. The average molecular weight is 440 g/mol. The highest BCUT2D eigenvalue weighted by Crippen LogP contribution is 2.37. The number of hydrogen-bond acceptors (Lipinski definition) is 7. The van der Waals surface area contributed by atoms with Gasteiger partial charge < -0.3 is 10.1 Å². The summed E-state index contributed by atoms with van der Waals surface area (Å²) in [6.45, 7) is 1.42. The normalized spacial score (nSPS) is 22.0. The van der Waals surface area contributed by atoms with Gasteiger partial charge >= 0.3 is 0 Å². The van der Waals surface area contributed by atoms with Crippen LogP contribution in [-0.2, 0) is 4.74 Å². The maximum Gasteiger partial charge on any atom is 0.264 e. The molecule has 0 spiro atoms. The number of amidine groups is 1. The van der Waals surface area contributed by atoms with E-state index < -0.39 is 0 Å². The Morgan fingerprint density at radius 2 is 2.00 bits per heavy atom. The van der Waals surface area contributed by atoms with Gasteiger partial charge in [0.2, 0.25) is 5.70 Å². The number of aromatic nitrogens is 1. The van der Waals surface area contributed by atoms with Gasteiger partial charge in [-0.15, -0.1) is 4.59 Å². The van der Waals surface area contributed by atoms with Crippen LogP contribution in [0.25, 0.3) is 0 Å². The van der Waals surface area contributed by atoms with E-state index in [1.807, 2.05) is 24.4 Å². The van der Waals surface area contributed by atoms with Crippen LogP contribution in [0.4, 0.5) is 5.82 Å². The molecule has 2 aromatic rings. The Balaban J connectivity index is 1.40. The summed E-state index contributed by atoms with van der Waals surface area (Å²) >= 11 is 0. The van der Waals surface area contributed by atoms with Crippen molar-refractivity contribution < 1.29 is 14.1 Å². The number of nitrogens with zero attached hydrogens (tertiary/aromatic N) is 5. The second-order valence-corrected chi connectivity index (χ2v) is 8.02. The molecule has 3 N–H and O–H groups in total. The second-order valence-electron chi connectivity index (χ2n) is 8.02. The van der Waals surface area contributed by atoms with Crippen molar-refractivity contribution in [2.24, 2.45) is 21.7 Å². The minimum Gasteiger partial charge on any atom is -0.381 e. The molecule has 0 aliphatic carbocycles. The number of carbonyl (C=O) groups excluding carboxylic acids is 1. The van der Waals surface area contributed by atoms with E-state index in [2.05, 4.69) is 15.3 Å². The van der Waals surface area contributed by atoms with Gasteiger partial charge in [-0.1, -0.05) is 0 Å². The molecule has 0 saturated carbocycles. The molecule has 1 unspecified atom stereocenters. The van der Waals surface area contributed by atoms with Gasteiger partial charge in [0, 0.05) is 30.9 Å². The lowest BCUT2D eigenvalue weighted by Crippen LogP contribution is -2.53. The van der Waals surface area contributed by atoms with Crippen LogP contribution in [0.15, 0.2) is 76.4 Å². The maximum absolute atomic E-state index is 12.7. The molecule has 9 nitrogen and oxygen atoms in total. The Morgan fingerprint density at radius 1 is 1.21 bits per heavy atom. The van der Waals surface area contributed by atoms with Crippen LogP contribution in [0.3, 0.4) is 0 Å². The largest absolute Gasteiger partial charge is 0.381 e. The van der Waals surface area contributed by atoms with Crippen molar-refractivity contribution in [1.82, 2.24) is 4.98 Å². The fourth-order valence-corrected chi connectivity index (χ4v) is 4.20. The fourth-order valence-electron chi connectivity index (χ4n) is 4.20. The molecule has 1 amide bonds. The zero-order valence-electron chi connectivity index (χ0n) is 17.8. The first-order valence-electron chi connectivity index (χ1n) is 10.7. The van der Waals surface area contributed by atoms with Crippen molar-refractivity contribution in [3.63, 3.8) is 0 Å². The van der Waals surface area contributed by atoms with Gasteiger partial charge in [-0.3, -0.25) is 9.79 Å². The third-order valence-electron chi connectivity index (χ3n) is 5.97. The second kappa shape index (κ2) is 8.52. The van der Waals surface area contributed by atoms with Gasteiger partial charge in [0.25, 0.3) is 11.7 Å². The number of amides is 1. The minimum absolute atomic E-state index is 0.0490. The van der Waals surface area contributed by atoms with E-state index in [0.717, 1.165) is 29.8 Å². The fraction of sp³-hybridized carbons (Fsp3) is 0.208. The number of aliphatic imine (C=N–C) groups is 2. The lowest BCUT2D eigenvalue weighted by atomic mass is 9.95. The Morgan fingerprint density at radius 3 is 2.76 bits per heavy atom. The van der Waals surface area contributed by atoms with Crippen LogP contribution in [0.5, 0.6) is 0 Å². The monoisotopic (exact) mass is 440 g/mol. The molecule has 4 heterocycles. The summed E-state index contributed by atoms with van der Waals surface area (Å²) < 4.78 is 5.46. The van der Waals surface area contributed by atoms with Crippen molar-refractivity contribution in [3.8, 4) is 6.07 Å². The third-order valence-corrected chi connectivity index (χ3v) is 5.97. The number of carbonyl (C=O) groups is 1. The van der Waals surface area contributed by atoms with Crippen LogP contribution < -0.4 is 11.2 Å². The van der Waals surface area contributed by atoms with Crippen LogP contribution in [0.1, 0.15) is 34.3 Å². The number of ether oxygens (including phenoxy) is 1. The molecular formula is C24H22N7O2+. The van der Waals surface area contributed by atoms with Crippen molar-refractivity contribution >= 4 is 23.8 Å².